The Labute approximate surface area is 126 Å². The fourth-order valence-corrected chi connectivity index (χ4v) is 2.46. The number of nitrogens with zero attached hydrogens (tertiary/aromatic N) is 3. The number of imidazole rings is 1. The molecule has 3 aromatic rings. The third kappa shape index (κ3) is 2.01. The molecular weight excluding hydrogens is 280 g/mol. The van der Waals surface area contributed by atoms with Crippen LogP contribution in [0, 0.1) is 0 Å². The Morgan fingerprint density at radius 3 is 3.00 bits per heavy atom. The van der Waals surface area contributed by atoms with Gasteiger partial charge >= 0.3 is 0 Å². The lowest BCUT2D eigenvalue weighted by molar-refractivity contribution is 0.101. The lowest BCUT2D eigenvalue weighted by Gasteiger charge is -2.20. The van der Waals surface area contributed by atoms with Crippen LogP contribution < -0.4 is 10.1 Å². The summed E-state index contributed by atoms with van der Waals surface area (Å²) in [4.78, 5) is 20.6. The molecule has 0 saturated heterocycles. The smallest absolute Gasteiger partial charge is 0.276 e. The minimum absolute atomic E-state index is 0.273. The van der Waals surface area contributed by atoms with Crippen molar-refractivity contribution in [3.05, 3.63) is 66.5 Å². The van der Waals surface area contributed by atoms with Crippen LogP contribution in [-0.4, -0.2) is 20.4 Å². The van der Waals surface area contributed by atoms with Gasteiger partial charge in [-0.05, 0) is 24.3 Å². The van der Waals surface area contributed by atoms with Crippen LogP contribution in [0.3, 0.4) is 0 Å². The molecule has 1 amide bonds. The summed E-state index contributed by atoms with van der Waals surface area (Å²) in [6.07, 6.45) is 4.89. The van der Waals surface area contributed by atoms with Crippen molar-refractivity contribution in [2.24, 2.45) is 0 Å². The number of fused-ring (bicyclic) bond motifs is 3. The number of anilines is 1. The molecule has 4 rings (SSSR count). The molecule has 1 N–H and O–H groups in total. The zero-order valence-electron chi connectivity index (χ0n) is 11.6. The number of amides is 1. The van der Waals surface area contributed by atoms with Crippen LogP contribution in [0.2, 0.25) is 0 Å². The molecule has 2 aromatic heterocycles. The second kappa shape index (κ2) is 5.00. The number of rotatable bonds is 2. The van der Waals surface area contributed by atoms with E-state index in [1.54, 1.807) is 30.9 Å². The van der Waals surface area contributed by atoms with Gasteiger partial charge in [0.05, 0.1) is 23.3 Å². The number of carbonyl (C=O) groups is 1. The fraction of sp³-hybridized carbons (Fsp3) is 0.0625. The summed E-state index contributed by atoms with van der Waals surface area (Å²) in [6, 6.07) is 11.2. The van der Waals surface area contributed by atoms with E-state index in [1.807, 2.05) is 28.8 Å². The predicted octanol–water partition coefficient (Wildman–Crippen LogP) is 2.41. The van der Waals surface area contributed by atoms with Crippen LogP contribution in [0.4, 0.5) is 5.69 Å². The summed E-state index contributed by atoms with van der Waals surface area (Å²) >= 11 is 0. The normalized spacial score (nSPS) is 12.0. The molecule has 0 radical (unpaired) electrons. The number of carbonyl (C=O) groups excluding carboxylic acids is 1. The van der Waals surface area contributed by atoms with E-state index in [9.17, 15) is 4.79 Å². The van der Waals surface area contributed by atoms with E-state index in [0.29, 0.717) is 18.0 Å². The standard InChI is InChI=1S/C16H12N4O2/c21-16(19-11-4-3-7-17-8-11)15-13-9-22-14-6-2-1-5-12(14)20(13)10-18-15/h1-8,10H,9H2,(H,19,21). The molecule has 0 saturated carbocycles. The molecule has 1 aliphatic heterocycles. The summed E-state index contributed by atoms with van der Waals surface area (Å²) in [7, 11) is 0. The third-order valence-corrected chi connectivity index (χ3v) is 3.49. The Bertz CT molecular complexity index is 842. The Hall–Kier alpha value is -3.15. The van der Waals surface area contributed by atoms with E-state index < -0.39 is 0 Å². The molecule has 22 heavy (non-hydrogen) atoms. The first-order valence-electron chi connectivity index (χ1n) is 6.83. The number of hydrogen-bond acceptors (Lipinski definition) is 4. The van der Waals surface area contributed by atoms with Gasteiger partial charge < -0.3 is 10.1 Å². The molecule has 3 heterocycles. The van der Waals surface area contributed by atoms with E-state index in [1.165, 1.54) is 0 Å². The monoisotopic (exact) mass is 292 g/mol. The number of benzene rings is 1. The maximum absolute atomic E-state index is 12.4. The van der Waals surface area contributed by atoms with E-state index in [4.69, 9.17) is 4.74 Å². The van der Waals surface area contributed by atoms with Crippen molar-refractivity contribution < 1.29 is 9.53 Å². The van der Waals surface area contributed by atoms with Crippen molar-refractivity contribution in [3.8, 4) is 11.4 Å². The van der Waals surface area contributed by atoms with Crippen molar-refractivity contribution in [3.63, 3.8) is 0 Å². The van der Waals surface area contributed by atoms with Gasteiger partial charge in [0.25, 0.3) is 5.91 Å². The van der Waals surface area contributed by atoms with Gasteiger partial charge in [-0.1, -0.05) is 12.1 Å². The molecule has 0 atom stereocenters. The molecule has 6 nitrogen and oxygen atoms in total. The van der Waals surface area contributed by atoms with Crippen molar-refractivity contribution in [1.29, 1.82) is 0 Å². The molecule has 0 fully saturated rings. The van der Waals surface area contributed by atoms with Gasteiger partial charge in [-0.3, -0.25) is 14.3 Å². The highest BCUT2D eigenvalue weighted by Crippen LogP contribution is 2.30. The second-order valence-electron chi connectivity index (χ2n) is 4.86. The lowest BCUT2D eigenvalue weighted by Crippen LogP contribution is -2.19. The lowest BCUT2D eigenvalue weighted by atomic mass is 10.2. The average Bonchev–Trinajstić information content (AvgIpc) is 3.00. The van der Waals surface area contributed by atoms with Crippen LogP contribution in [0.15, 0.2) is 55.1 Å². The minimum Gasteiger partial charge on any atom is -0.485 e. The summed E-state index contributed by atoms with van der Waals surface area (Å²) in [5.74, 6) is 0.511. The fourth-order valence-electron chi connectivity index (χ4n) is 2.46. The number of hydrogen-bond donors (Lipinski definition) is 1. The highest BCUT2D eigenvalue weighted by molar-refractivity contribution is 6.03. The maximum atomic E-state index is 12.4. The van der Waals surface area contributed by atoms with Crippen LogP contribution in [0.5, 0.6) is 5.75 Å². The quantitative estimate of drug-likeness (QED) is 0.787. The topological polar surface area (TPSA) is 69.0 Å². The van der Waals surface area contributed by atoms with Gasteiger partial charge in [-0.25, -0.2) is 4.98 Å². The molecule has 108 valence electrons. The van der Waals surface area contributed by atoms with Crippen molar-refractivity contribution in [2.75, 3.05) is 5.32 Å². The number of nitrogens with one attached hydrogen (secondary N) is 1. The van der Waals surface area contributed by atoms with Gasteiger partial charge in [0.15, 0.2) is 5.69 Å². The SMILES string of the molecule is O=C(Nc1cccnc1)c1ncn2c1COc1ccccc1-2. The Morgan fingerprint density at radius 2 is 2.14 bits per heavy atom. The first kappa shape index (κ1) is 12.6. The summed E-state index contributed by atoms with van der Waals surface area (Å²) < 4.78 is 7.58. The zero-order valence-corrected chi connectivity index (χ0v) is 11.6. The predicted molar refractivity (Wildman–Crippen MR) is 80.1 cm³/mol. The molecule has 0 aliphatic carbocycles. The van der Waals surface area contributed by atoms with E-state index >= 15 is 0 Å². The Balaban J connectivity index is 1.69. The maximum Gasteiger partial charge on any atom is 0.276 e. The van der Waals surface area contributed by atoms with Gasteiger partial charge in [0, 0.05) is 6.20 Å². The molecule has 0 spiro atoms. The Morgan fingerprint density at radius 1 is 1.23 bits per heavy atom. The molecule has 0 unspecified atom stereocenters. The summed E-state index contributed by atoms with van der Waals surface area (Å²) in [5.41, 5.74) is 2.61. The first-order valence-corrected chi connectivity index (χ1v) is 6.83. The van der Waals surface area contributed by atoms with Gasteiger partial charge in [0.2, 0.25) is 0 Å². The van der Waals surface area contributed by atoms with Crippen molar-refractivity contribution in [1.82, 2.24) is 14.5 Å². The molecule has 0 bridgehead atoms. The molecular formula is C16H12N4O2. The van der Waals surface area contributed by atoms with Gasteiger partial charge in [-0.15, -0.1) is 0 Å². The van der Waals surface area contributed by atoms with Gasteiger partial charge in [0.1, 0.15) is 18.7 Å². The summed E-state index contributed by atoms with van der Waals surface area (Å²) in [5, 5.41) is 2.79. The largest absolute Gasteiger partial charge is 0.485 e. The molecule has 6 heteroatoms. The van der Waals surface area contributed by atoms with E-state index in [2.05, 4.69) is 15.3 Å². The van der Waals surface area contributed by atoms with Crippen LogP contribution in [0.25, 0.3) is 5.69 Å². The molecule has 1 aliphatic rings. The van der Waals surface area contributed by atoms with Crippen molar-refractivity contribution in [2.45, 2.75) is 6.61 Å². The number of pyridine rings is 1. The van der Waals surface area contributed by atoms with Crippen molar-refractivity contribution >= 4 is 11.6 Å². The average molecular weight is 292 g/mol. The van der Waals surface area contributed by atoms with Crippen LogP contribution in [0.1, 0.15) is 16.2 Å². The Kier molecular flexibility index (Phi) is 2.86. The summed E-state index contributed by atoms with van der Waals surface area (Å²) in [6.45, 7) is 0.312. The number of aromatic nitrogens is 3. The number of para-hydroxylation sites is 2. The van der Waals surface area contributed by atoms with E-state index in [0.717, 1.165) is 17.1 Å². The second-order valence-corrected chi connectivity index (χ2v) is 4.86. The van der Waals surface area contributed by atoms with E-state index in [-0.39, 0.29) is 5.91 Å². The van der Waals surface area contributed by atoms with Gasteiger partial charge in [-0.2, -0.15) is 0 Å². The molecule has 1 aromatic carbocycles. The zero-order chi connectivity index (χ0) is 14.9. The third-order valence-electron chi connectivity index (χ3n) is 3.49. The first-order chi connectivity index (χ1) is 10.8. The minimum atomic E-state index is -0.273. The van der Waals surface area contributed by atoms with Crippen LogP contribution >= 0.6 is 0 Å². The highest BCUT2D eigenvalue weighted by Gasteiger charge is 2.24. The number of ether oxygens (including phenoxy) is 1. The highest BCUT2D eigenvalue weighted by atomic mass is 16.5. The van der Waals surface area contributed by atoms with Crippen LogP contribution in [-0.2, 0) is 6.61 Å².